The van der Waals surface area contributed by atoms with E-state index in [1.54, 1.807) is 0 Å². The van der Waals surface area contributed by atoms with Gasteiger partial charge in [0.2, 0.25) is 12.2 Å². The van der Waals surface area contributed by atoms with Crippen LogP contribution in [-0.2, 0) is 40.1 Å². The molecule has 2 aliphatic rings. The fraction of sp³-hybridized carbons (Fsp3) is 0.409. The summed E-state index contributed by atoms with van der Waals surface area (Å²) in [7, 11) is 0. The zero-order chi connectivity index (χ0) is 26.6. The molecule has 0 aliphatic carbocycles. The molecule has 194 valence electrons. The van der Waals surface area contributed by atoms with Gasteiger partial charge in [0.05, 0.1) is 5.69 Å². The second kappa shape index (κ2) is 11.3. The number of anilines is 1. The average Bonchev–Trinajstić information content (AvgIpc) is 3.14. The molecule has 1 fully saturated rings. The molecule has 0 saturated carbocycles. The van der Waals surface area contributed by atoms with Crippen molar-refractivity contribution in [2.45, 2.75) is 50.7 Å². The number of aliphatic carboxylic acids is 1. The fourth-order valence-corrected chi connectivity index (χ4v) is 3.40. The van der Waals surface area contributed by atoms with Crippen LogP contribution in [0.4, 0.5) is 5.69 Å². The van der Waals surface area contributed by atoms with Gasteiger partial charge in [-0.2, -0.15) is 0 Å². The minimum atomic E-state index is -1.92. The van der Waals surface area contributed by atoms with E-state index in [9.17, 15) is 44.4 Å². The van der Waals surface area contributed by atoms with Crippen molar-refractivity contribution in [1.29, 1.82) is 0 Å². The van der Waals surface area contributed by atoms with E-state index in [-0.39, 0.29) is 31.0 Å². The van der Waals surface area contributed by atoms with Crippen LogP contribution < -0.4 is 10.1 Å². The zero-order valence-electron chi connectivity index (χ0n) is 18.9. The van der Waals surface area contributed by atoms with Gasteiger partial charge in [0.15, 0.2) is 6.10 Å². The van der Waals surface area contributed by atoms with E-state index in [1.165, 1.54) is 25.1 Å². The quantitative estimate of drug-likeness (QED) is 0.186. The highest BCUT2D eigenvalue weighted by atomic mass is 16.7. The second-order valence-electron chi connectivity index (χ2n) is 7.92. The van der Waals surface area contributed by atoms with Gasteiger partial charge in [-0.3, -0.25) is 24.1 Å². The highest BCUT2D eigenvalue weighted by Gasteiger charge is 2.48. The number of benzene rings is 1. The first kappa shape index (κ1) is 26.7. The lowest BCUT2D eigenvalue weighted by Crippen LogP contribution is -2.61. The Labute approximate surface area is 203 Å². The Morgan fingerprint density at radius 1 is 1.06 bits per heavy atom. The van der Waals surface area contributed by atoms with Crippen LogP contribution >= 0.6 is 0 Å². The topological polar surface area (TPSA) is 209 Å². The minimum Gasteiger partial charge on any atom is -0.479 e. The molecule has 0 bridgehead atoms. The molecule has 5 N–H and O–H groups in total. The molecule has 14 nitrogen and oxygen atoms in total. The average molecular weight is 508 g/mol. The SMILES string of the molecule is CC(=O)OCc1ccc(O[C@@H]2O[C@H](C(=O)O)[C@@H](O)[C@H](O)[C@H]2O)c(NC(=O)CCN2C(=O)C=CC2=O)c1. The Morgan fingerprint density at radius 3 is 2.33 bits per heavy atom. The smallest absolute Gasteiger partial charge is 0.335 e. The first-order valence-electron chi connectivity index (χ1n) is 10.7. The van der Waals surface area contributed by atoms with Gasteiger partial charge in [-0.05, 0) is 17.7 Å². The molecule has 3 amide bonds. The molecule has 0 unspecified atom stereocenters. The van der Waals surface area contributed by atoms with Crippen molar-refractivity contribution in [1.82, 2.24) is 4.90 Å². The normalized spacial score (nSPS) is 25.6. The lowest BCUT2D eigenvalue weighted by atomic mass is 9.99. The van der Waals surface area contributed by atoms with E-state index in [1.807, 2.05) is 0 Å². The number of carbonyl (C=O) groups is 5. The molecule has 1 aromatic carbocycles. The van der Waals surface area contributed by atoms with Crippen molar-refractivity contribution in [2.75, 3.05) is 11.9 Å². The molecule has 0 radical (unpaired) electrons. The van der Waals surface area contributed by atoms with Crippen molar-refractivity contribution < 1.29 is 58.6 Å². The van der Waals surface area contributed by atoms with Crippen molar-refractivity contribution in [3.8, 4) is 5.75 Å². The summed E-state index contributed by atoms with van der Waals surface area (Å²) in [6.45, 7) is 0.848. The van der Waals surface area contributed by atoms with E-state index in [4.69, 9.17) is 14.2 Å². The summed E-state index contributed by atoms with van der Waals surface area (Å²) in [6.07, 6.45) is -7.44. The third-order valence-corrected chi connectivity index (χ3v) is 5.28. The van der Waals surface area contributed by atoms with Gasteiger partial charge in [0.25, 0.3) is 11.8 Å². The summed E-state index contributed by atoms with van der Waals surface area (Å²) in [5, 5.41) is 41.8. The van der Waals surface area contributed by atoms with E-state index in [2.05, 4.69) is 5.32 Å². The molecular formula is C22H24N2O12. The summed E-state index contributed by atoms with van der Waals surface area (Å²) in [5.74, 6) is -4.04. The largest absolute Gasteiger partial charge is 0.479 e. The Morgan fingerprint density at radius 2 is 1.72 bits per heavy atom. The molecule has 14 heteroatoms. The maximum absolute atomic E-state index is 12.6. The molecule has 2 heterocycles. The number of aliphatic hydroxyl groups is 3. The van der Waals surface area contributed by atoms with Gasteiger partial charge < -0.3 is 40.0 Å². The number of carboxylic acid groups (broad SMARTS) is 1. The van der Waals surface area contributed by atoms with Gasteiger partial charge in [-0.1, -0.05) is 6.07 Å². The lowest BCUT2D eigenvalue weighted by molar-refractivity contribution is -0.271. The maximum Gasteiger partial charge on any atom is 0.335 e. The molecule has 5 atom stereocenters. The van der Waals surface area contributed by atoms with E-state index in [0.717, 1.165) is 17.1 Å². The number of hydrogen-bond donors (Lipinski definition) is 5. The molecule has 0 spiro atoms. The van der Waals surface area contributed by atoms with Gasteiger partial charge in [-0.25, -0.2) is 4.79 Å². The summed E-state index contributed by atoms with van der Waals surface area (Å²) in [5.41, 5.74) is 0.413. The number of amides is 3. The first-order chi connectivity index (χ1) is 17.0. The van der Waals surface area contributed by atoms with Gasteiger partial charge in [0, 0.05) is 32.0 Å². The number of esters is 1. The van der Waals surface area contributed by atoms with Gasteiger partial charge >= 0.3 is 11.9 Å². The van der Waals surface area contributed by atoms with Crippen LogP contribution in [0.3, 0.4) is 0 Å². The van der Waals surface area contributed by atoms with Crippen LogP contribution in [0.1, 0.15) is 18.9 Å². The van der Waals surface area contributed by atoms with Crippen LogP contribution in [0, 0.1) is 0 Å². The number of carbonyl (C=O) groups excluding carboxylic acids is 4. The van der Waals surface area contributed by atoms with Crippen molar-refractivity contribution in [3.63, 3.8) is 0 Å². The van der Waals surface area contributed by atoms with Crippen LogP contribution in [0.5, 0.6) is 5.75 Å². The fourth-order valence-electron chi connectivity index (χ4n) is 3.40. The molecule has 3 rings (SSSR count). The Bertz CT molecular complexity index is 1070. The highest BCUT2D eigenvalue weighted by molar-refractivity contribution is 6.13. The number of ether oxygens (including phenoxy) is 3. The number of carboxylic acids is 1. The van der Waals surface area contributed by atoms with Crippen molar-refractivity contribution in [3.05, 3.63) is 35.9 Å². The predicted octanol–water partition coefficient (Wildman–Crippen LogP) is -1.73. The summed E-state index contributed by atoms with van der Waals surface area (Å²) >= 11 is 0. The predicted molar refractivity (Wildman–Crippen MR) is 116 cm³/mol. The summed E-state index contributed by atoms with van der Waals surface area (Å²) in [6, 6.07) is 4.14. The zero-order valence-corrected chi connectivity index (χ0v) is 18.9. The molecule has 0 aromatic heterocycles. The van der Waals surface area contributed by atoms with Crippen LogP contribution in [0.2, 0.25) is 0 Å². The Kier molecular flexibility index (Phi) is 8.37. The van der Waals surface area contributed by atoms with Crippen LogP contribution in [0.25, 0.3) is 0 Å². The van der Waals surface area contributed by atoms with E-state index >= 15 is 0 Å². The number of hydrogen-bond acceptors (Lipinski definition) is 11. The number of nitrogens with one attached hydrogen (secondary N) is 1. The van der Waals surface area contributed by atoms with Crippen molar-refractivity contribution >= 4 is 35.3 Å². The molecule has 2 aliphatic heterocycles. The maximum atomic E-state index is 12.6. The van der Waals surface area contributed by atoms with Gasteiger partial charge in [-0.15, -0.1) is 0 Å². The third kappa shape index (κ3) is 6.23. The van der Waals surface area contributed by atoms with Gasteiger partial charge in [0.1, 0.15) is 30.7 Å². The monoisotopic (exact) mass is 508 g/mol. The Balaban J connectivity index is 1.78. The van der Waals surface area contributed by atoms with Crippen molar-refractivity contribution in [2.24, 2.45) is 0 Å². The lowest BCUT2D eigenvalue weighted by Gasteiger charge is -2.38. The molecular weight excluding hydrogens is 484 g/mol. The molecule has 36 heavy (non-hydrogen) atoms. The number of aliphatic hydroxyl groups excluding tert-OH is 3. The van der Waals surface area contributed by atoms with E-state index in [0.29, 0.717) is 5.56 Å². The Hall–Kier alpha value is -3.85. The van der Waals surface area contributed by atoms with Crippen LogP contribution in [-0.4, -0.2) is 92.2 Å². The third-order valence-electron chi connectivity index (χ3n) is 5.28. The second-order valence-corrected chi connectivity index (χ2v) is 7.92. The number of imide groups is 1. The standard InChI is InChI=1S/C22H24N2O12/c1-10(25)34-9-11-2-3-13(35-22-19(31)17(29)18(30)20(36-22)21(32)33)12(8-11)23-14(26)6-7-24-15(27)4-5-16(24)28/h2-5,8,17-20,22,29-31H,6-7,9H2,1H3,(H,23,26)(H,32,33)/t17-,18-,19+,20-,22+/m0/s1. The number of rotatable bonds is 9. The molecule has 1 aromatic rings. The number of nitrogens with zero attached hydrogens (tertiary/aromatic N) is 1. The van der Waals surface area contributed by atoms with Crippen LogP contribution in [0.15, 0.2) is 30.4 Å². The first-order valence-corrected chi connectivity index (χ1v) is 10.7. The molecule has 1 saturated heterocycles. The van der Waals surface area contributed by atoms with E-state index < -0.39 is 60.4 Å². The minimum absolute atomic E-state index is 0.00913. The summed E-state index contributed by atoms with van der Waals surface area (Å²) < 4.78 is 15.6. The highest BCUT2D eigenvalue weighted by Crippen LogP contribution is 2.31. The summed E-state index contributed by atoms with van der Waals surface area (Å²) in [4.78, 5) is 59.2.